The predicted octanol–water partition coefficient (Wildman–Crippen LogP) is 7.70. The lowest BCUT2D eigenvalue weighted by Crippen LogP contribution is -2.50. The van der Waals surface area contributed by atoms with Crippen molar-refractivity contribution in [2.24, 2.45) is 28.6 Å². The summed E-state index contributed by atoms with van der Waals surface area (Å²) in [5, 5.41) is 8.60. The number of nitrogens with one attached hydrogen (secondary N) is 1. The van der Waals surface area contributed by atoms with E-state index in [1.54, 1.807) is 11.1 Å². The summed E-state index contributed by atoms with van der Waals surface area (Å²) in [5.74, 6) is 2.40. The summed E-state index contributed by atoms with van der Waals surface area (Å²) in [6, 6.07) is 6.87. The second-order valence-electron chi connectivity index (χ2n) is 12.8. The summed E-state index contributed by atoms with van der Waals surface area (Å²) in [5.41, 5.74) is 6.47. The molecule has 3 nitrogen and oxygen atoms in total. The van der Waals surface area contributed by atoms with Crippen LogP contribution in [0.3, 0.4) is 0 Å². The topological polar surface area (TPSA) is 37.9 Å². The van der Waals surface area contributed by atoms with Gasteiger partial charge in [-0.25, -0.2) is 0 Å². The van der Waals surface area contributed by atoms with Gasteiger partial charge in [-0.1, -0.05) is 43.7 Å². The molecule has 176 valence electrons. The Bertz CT molecular complexity index is 1130. The van der Waals surface area contributed by atoms with Gasteiger partial charge in [0.2, 0.25) is 0 Å². The fraction of sp³-hybridized carbons (Fsp3) is 0.633. The van der Waals surface area contributed by atoms with Crippen molar-refractivity contribution in [2.75, 3.05) is 0 Å². The van der Waals surface area contributed by atoms with Gasteiger partial charge < -0.3 is 4.74 Å². The molecule has 3 heteroatoms. The van der Waals surface area contributed by atoms with Crippen LogP contribution in [-0.4, -0.2) is 21.9 Å². The first-order chi connectivity index (χ1) is 15.7. The zero-order valence-electron chi connectivity index (χ0n) is 21.1. The third kappa shape index (κ3) is 3.37. The Kier molecular flexibility index (Phi) is 4.80. The van der Waals surface area contributed by atoms with Crippen LogP contribution in [0.25, 0.3) is 16.5 Å². The van der Waals surface area contributed by atoms with E-state index in [-0.39, 0.29) is 5.60 Å². The van der Waals surface area contributed by atoms with E-state index >= 15 is 0 Å². The molecule has 0 radical (unpaired) electrons. The molecule has 4 aliphatic carbocycles. The number of H-pyrrole nitrogens is 1. The van der Waals surface area contributed by atoms with Crippen molar-refractivity contribution < 1.29 is 4.74 Å². The average molecular weight is 445 g/mol. The molecule has 4 aliphatic rings. The van der Waals surface area contributed by atoms with Crippen molar-refractivity contribution in [1.29, 1.82) is 0 Å². The van der Waals surface area contributed by atoms with Gasteiger partial charge in [0, 0.05) is 5.39 Å². The van der Waals surface area contributed by atoms with E-state index in [1.807, 2.05) is 6.20 Å². The summed E-state index contributed by atoms with van der Waals surface area (Å²) < 4.78 is 6.43. The highest BCUT2D eigenvalue weighted by Crippen LogP contribution is 2.66. The van der Waals surface area contributed by atoms with E-state index in [1.165, 1.54) is 49.5 Å². The molecule has 2 aromatic rings. The van der Waals surface area contributed by atoms with Gasteiger partial charge in [-0.3, -0.25) is 5.10 Å². The van der Waals surface area contributed by atoms with Gasteiger partial charge >= 0.3 is 0 Å². The lowest BCUT2D eigenvalue weighted by atomic mass is 9.47. The molecule has 2 fully saturated rings. The van der Waals surface area contributed by atoms with E-state index in [4.69, 9.17) is 4.74 Å². The third-order valence-electron chi connectivity index (χ3n) is 9.91. The number of allylic oxidation sites excluding steroid dienone is 3. The van der Waals surface area contributed by atoms with Crippen LogP contribution in [0.1, 0.15) is 85.1 Å². The van der Waals surface area contributed by atoms with E-state index in [9.17, 15) is 0 Å². The SMILES string of the molecule is CC(C)(C)O[C@H]1CC[C@@]2(C)C(=CC[C@@H]3[C@@H]2CC[C@]2(C)C(c4ccc5cn[nH]c5c4)=CC[C@@H]32)C1. The van der Waals surface area contributed by atoms with Gasteiger partial charge in [0.25, 0.3) is 0 Å². The van der Waals surface area contributed by atoms with Crippen molar-refractivity contribution in [3.05, 3.63) is 47.7 Å². The van der Waals surface area contributed by atoms with Crippen LogP contribution in [0, 0.1) is 28.6 Å². The average Bonchev–Trinajstić information content (AvgIpc) is 3.36. The number of nitrogens with zero attached hydrogens (tertiary/aromatic N) is 1. The first-order valence-electron chi connectivity index (χ1n) is 13.2. The lowest BCUT2D eigenvalue weighted by Gasteiger charge is -2.58. The molecule has 1 heterocycles. The number of aromatic nitrogens is 2. The fourth-order valence-corrected chi connectivity index (χ4v) is 8.35. The molecule has 1 aromatic heterocycles. The molecule has 33 heavy (non-hydrogen) atoms. The predicted molar refractivity (Wildman–Crippen MR) is 136 cm³/mol. The minimum Gasteiger partial charge on any atom is -0.372 e. The van der Waals surface area contributed by atoms with Gasteiger partial charge in [-0.05, 0) is 112 Å². The molecule has 0 spiro atoms. The second kappa shape index (κ2) is 7.31. The van der Waals surface area contributed by atoms with E-state index in [2.05, 4.69) is 75.2 Å². The van der Waals surface area contributed by atoms with E-state index in [0.717, 1.165) is 29.7 Å². The molecule has 0 aliphatic heterocycles. The molecular weight excluding hydrogens is 404 g/mol. The van der Waals surface area contributed by atoms with Gasteiger partial charge in [-0.2, -0.15) is 5.10 Å². The Labute approximate surface area is 199 Å². The minimum atomic E-state index is -0.0477. The monoisotopic (exact) mass is 444 g/mol. The van der Waals surface area contributed by atoms with Gasteiger partial charge in [0.15, 0.2) is 0 Å². The van der Waals surface area contributed by atoms with Crippen LogP contribution in [0.4, 0.5) is 0 Å². The molecule has 1 N–H and O–H groups in total. The highest BCUT2D eigenvalue weighted by Gasteiger charge is 2.57. The summed E-state index contributed by atoms with van der Waals surface area (Å²) in [6.07, 6.45) is 16.4. The largest absolute Gasteiger partial charge is 0.372 e. The summed E-state index contributed by atoms with van der Waals surface area (Å²) in [6.45, 7) is 11.8. The smallest absolute Gasteiger partial charge is 0.0656 e. The fourth-order valence-electron chi connectivity index (χ4n) is 8.35. The number of fused-ring (bicyclic) bond motifs is 6. The van der Waals surface area contributed by atoms with Crippen LogP contribution in [-0.2, 0) is 4.74 Å². The number of rotatable bonds is 2. The summed E-state index contributed by atoms with van der Waals surface area (Å²) >= 11 is 0. The number of hydrogen-bond donors (Lipinski definition) is 1. The Morgan fingerprint density at radius 1 is 1.00 bits per heavy atom. The maximum absolute atomic E-state index is 6.43. The second-order valence-corrected chi connectivity index (χ2v) is 12.8. The Morgan fingerprint density at radius 2 is 1.82 bits per heavy atom. The van der Waals surface area contributed by atoms with Crippen LogP contribution >= 0.6 is 0 Å². The summed E-state index contributed by atoms with van der Waals surface area (Å²) in [7, 11) is 0. The molecule has 0 saturated heterocycles. The number of benzene rings is 1. The number of aromatic amines is 1. The Morgan fingerprint density at radius 3 is 2.64 bits per heavy atom. The maximum Gasteiger partial charge on any atom is 0.0656 e. The van der Waals surface area contributed by atoms with Crippen LogP contribution in [0.15, 0.2) is 42.1 Å². The van der Waals surface area contributed by atoms with Gasteiger partial charge in [0.1, 0.15) is 0 Å². The first-order valence-corrected chi connectivity index (χ1v) is 13.2. The standard InChI is InChI=1S/C30H40N2O/c1-28(2,3)33-22-12-14-29(4)21(17-22)8-9-23-25-11-10-24(30(25,5)15-13-26(23)29)19-6-7-20-18-31-32-27(20)16-19/h6-8,10,16,18,22-23,25-26H,9,11-15,17H2,1-5H3,(H,31,32)/t22-,23-,25-,26-,29-,30+/m0/s1. The van der Waals surface area contributed by atoms with Crippen LogP contribution in [0.5, 0.6) is 0 Å². The minimum absolute atomic E-state index is 0.0477. The third-order valence-corrected chi connectivity index (χ3v) is 9.91. The van der Waals surface area contributed by atoms with E-state index in [0.29, 0.717) is 16.9 Å². The highest BCUT2D eigenvalue weighted by atomic mass is 16.5. The Balaban J connectivity index is 1.26. The highest BCUT2D eigenvalue weighted by molar-refractivity contribution is 5.84. The summed E-state index contributed by atoms with van der Waals surface area (Å²) in [4.78, 5) is 0. The molecule has 2 saturated carbocycles. The molecule has 0 unspecified atom stereocenters. The van der Waals surface area contributed by atoms with E-state index < -0.39 is 0 Å². The quantitative estimate of drug-likeness (QED) is 0.482. The van der Waals surface area contributed by atoms with Crippen LogP contribution < -0.4 is 0 Å². The molecule has 0 amide bonds. The molecule has 6 rings (SSSR count). The maximum atomic E-state index is 6.43. The molecule has 0 bridgehead atoms. The van der Waals surface area contributed by atoms with Crippen molar-refractivity contribution in [2.45, 2.75) is 91.3 Å². The van der Waals surface area contributed by atoms with Crippen molar-refractivity contribution in [1.82, 2.24) is 10.2 Å². The zero-order chi connectivity index (χ0) is 23.0. The van der Waals surface area contributed by atoms with Crippen molar-refractivity contribution >= 4 is 16.5 Å². The number of ether oxygens (including phenoxy) is 1. The van der Waals surface area contributed by atoms with Crippen molar-refractivity contribution in [3.8, 4) is 0 Å². The lowest BCUT2D eigenvalue weighted by molar-refractivity contribution is -0.0894. The molecular formula is C30H40N2O. The number of hydrogen-bond acceptors (Lipinski definition) is 2. The van der Waals surface area contributed by atoms with Crippen LogP contribution in [0.2, 0.25) is 0 Å². The first kappa shape index (κ1) is 21.6. The normalized spacial score (nSPS) is 38.3. The van der Waals surface area contributed by atoms with Crippen molar-refractivity contribution in [3.63, 3.8) is 0 Å². The van der Waals surface area contributed by atoms with Gasteiger partial charge in [-0.15, -0.1) is 0 Å². The molecule has 6 atom stereocenters. The zero-order valence-corrected chi connectivity index (χ0v) is 21.1. The van der Waals surface area contributed by atoms with Gasteiger partial charge in [0.05, 0.1) is 23.4 Å². The Hall–Kier alpha value is -1.87. The molecule has 1 aromatic carbocycles.